The van der Waals surface area contributed by atoms with Crippen LogP contribution in [0.25, 0.3) is 0 Å². The van der Waals surface area contributed by atoms with Crippen molar-refractivity contribution >= 4 is 15.9 Å². The van der Waals surface area contributed by atoms with Gasteiger partial charge in [-0.3, -0.25) is 4.98 Å². The predicted molar refractivity (Wildman–Crippen MR) is 75.8 cm³/mol. The number of nitrogens with one attached hydrogen (secondary N) is 1. The number of hydrogen-bond acceptors (Lipinski definition) is 3. The molecule has 1 heterocycles. The summed E-state index contributed by atoms with van der Waals surface area (Å²) in [5.41, 5.74) is 1.41. The summed E-state index contributed by atoms with van der Waals surface area (Å²) in [5.74, 6) is -0.120. The molecular formula is C14H14BrFN2O. The first-order valence-electron chi connectivity index (χ1n) is 5.77. The fraction of sp³-hybridized carbons (Fsp3) is 0.214. The van der Waals surface area contributed by atoms with E-state index in [9.17, 15) is 4.39 Å². The van der Waals surface area contributed by atoms with Crippen molar-refractivity contribution in [2.45, 2.75) is 6.04 Å². The molecule has 1 atom stereocenters. The first-order chi connectivity index (χ1) is 9.17. The molecule has 1 unspecified atom stereocenters. The van der Waals surface area contributed by atoms with Gasteiger partial charge in [-0.05, 0) is 40.7 Å². The second-order valence-corrected chi connectivity index (χ2v) is 4.94. The van der Waals surface area contributed by atoms with Gasteiger partial charge in [0.05, 0.1) is 13.2 Å². The van der Waals surface area contributed by atoms with Gasteiger partial charge in [-0.15, -0.1) is 0 Å². The van der Waals surface area contributed by atoms with Gasteiger partial charge in [0.2, 0.25) is 0 Å². The van der Waals surface area contributed by atoms with Crippen LogP contribution in [0.15, 0.2) is 41.1 Å². The van der Waals surface area contributed by atoms with Crippen LogP contribution in [-0.2, 0) is 0 Å². The minimum absolute atomic E-state index is 0.237. The second kappa shape index (κ2) is 6.12. The normalized spacial score (nSPS) is 12.2. The summed E-state index contributed by atoms with van der Waals surface area (Å²) >= 11 is 3.37. The Balaban J connectivity index is 2.48. The van der Waals surface area contributed by atoms with E-state index in [1.54, 1.807) is 37.6 Å². The Kier molecular flexibility index (Phi) is 4.50. The minimum Gasteiger partial charge on any atom is -0.494 e. The standard InChI is InChI=1S/C14H14BrFN2O/c1-17-14(9-6-10(15)8-18-7-9)11-4-3-5-12(19-2)13(11)16/h3-8,14,17H,1-2H3. The van der Waals surface area contributed by atoms with Crippen molar-refractivity contribution in [2.75, 3.05) is 14.2 Å². The molecule has 2 aromatic rings. The maximum atomic E-state index is 14.3. The summed E-state index contributed by atoms with van der Waals surface area (Å²) < 4.78 is 20.2. The Labute approximate surface area is 119 Å². The molecule has 5 heteroatoms. The molecule has 1 aromatic carbocycles. The number of hydrogen-bond donors (Lipinski definition) is 1. The maximum Gasteiger partial charge on any atom is 0.170 e. The fourth-order valence-corrected chi connectivity index (χ4v) is 2.38. The zero-order valence-electron chi connectivity index (χ0n) is 10.7. The lowest BCUT2D eigenvalue weighted by Gasteiger charge is -2.18. The lowest BCUT2D eigenvalue weighted by Crippen LogP contribution is -2.19. The molecule has 2 rings (SSSR count). The number of pyridine rings is 1. The summed E-state index contributed by atoms with van der Waals surface area (Å²) in [6.45, 7) is 0. The van der Waals surface area contributed by atoms with Crippen LogP contribution in [0.2, 0.25) is 0 Å². The molecule has 19 heavy (non-hydrogen) atoms. The lowest BCUT2D eigenvalue weighted by atomic mass is 9.99. The summed E-state index contributed by atoms with van der Waals surface area (Å²) in [4.78, 5) is 4.11. The monoisotopic (exact) mass is 324 g/mol. The van der Waals surface area contributed by atoms with Crippen molar-refractivity contribution in [1.82, 2.24) is 10.3 Å². The van der Waals surface area contributed by atoms with Gasteiger partial charge in [-0.1, -0.05) is 12.1 Å². The number of halogens is 2. The van der Waals surface area contributed by atoms with Crippen LogP contribution in [0.4, 0.5) is 4.39 Å². The van der Waals surface area contributed by atoms with Crippen LogP contribution in [0, 0.1) is 5.82 Å². The Morgan fingerprint density at radius 1 is 1.37 bits per heavy atom. The third-order valence-corrected chi connectivity index (χ3v) is 3.31. The Morgan fingerprint density at radius 3 is 2.79 bits per heavy atom. The third kappa shape index (κ3) is 2.93. The molecular weight excluding hydrogens is 311 g/mol. The molecule has 0 bridgehead atoms. The van der Waals surface area contributed by atoms with Gasteiger partial charge in [0.15, 0.2) is 11.6 Å². The van der Waals surface area contributed by atoms with Gasteiger partial charge in [-0.2, -0.15) is 0 Å². The van der Waals surface area contributed by atoms with Gasteiger partial charge in [0.25, 0.3) is 0 Å². The molecule has 0 amide bonds. The van der Waals surface area contributed by atoms with Crippen molar-refractivity contribution in [3.63, 3.8) is 0 Å². The molecule has 0 spiro atoms. The van der Waals surface area contributed by atoms with Gasteiger partial charge < -0.3 is 10.1 Å². The average molecular weight is 325 g/mol. The average Bonchev–Trinajstić information content (AvgIpc) is 2.41. The zero-order valence-corrected chi connectivity index (χ0v) is 12.2. The van der Waals surface area contributed by atoms with E-state index in [0.717, 1.165) is 10.0 Å². The van der Waals surface area contributed by atoms with E-state index in [4.69, 9.17) is 4.74 Å². The zero-order chi connectivity index (χ0) is 13.8. The molecule has 0 aliphatic rings. The molecule has 3 nitrogen and oxygen atoms in total. The number of ether oxygens (including phenoxy) is 1. The van der Waals surface area contributed by atoms with Crippen LogP contribution < -0.4 is 10.1 Å². The summed E-state index contributed by atoms with van der Waals surface area (Å²) in [6, 6.07) is 6.74. The summed E-state index contributed by atoms with van der Waals surface area (Å²) in [7, 11) is 3.24. The van der Waals surface area contributed by atoms with E-state index in [0.29, 0.717) is 5.56 Å². The largest absolute Gasteiger partial charge is 0.494 e. The van der Waals surface area contributed by atoms with Gasteiger partial charge in [0, 0.05) is 22.4 Å². The van der Waals surface area contributed by atoms with Gasteiger partial charge >= 0.3 is 0 Å². The minimum atomic E-state index is -0.357. The number of rotatable bonds is 4. The smallest absolute Gasteiger partial charge is 0.170 e. The van der Waals surface area contributed by atoms with Crippen LogP contribution in [-0.4, -0.2) is 19.1 Å². The third-order valence-electron chi connectivity index (χ3n) is 2.87. The van der Waals surface area contributed by atoms with E-state index in [1.807, 2.05) is 6.07 Å². The van der Waals surface area contributed by atoms with Crippen molar-refractivity contribution in [3.8, 4) is 5.75 Å². The highest BCUT2D eigenvalue weighted by Crippen LogP contribution is 2.29. The van der Waals surface area contributed by atoms with E-state index in [2.05, 4.69) is 26.2 Å². The van der Waals surface area contributed by atoms with Crippen LogP contribution in [0.5, 0.6) is 5.75 Å². The summed E-state index contributed by atoms with van der Waals surface area (Å²) in [5, 5.41) is 3.10. The Hall–Kier alpha value is -1.46. The number of benzene rings is 1. The van der Waals surface area contributed by atoms with Crippen molar-refractivity contribution in [3.05, 3.63) is 58.1 Å². The predicted octanol–water partition coefficient (Wildman–Crippen LogP) is 3.30. The van der Waals surface area contributed by atoms with Crippen LogP contribution >= 0.6 is 15.9 Å². The highest BCUT2D eigenvalue weighted by Gasteiger charge is 2.19. The topological polar surface area (TPSA) is 34.2 Å². The van der Waals surface area contributed by atoms with Gasteiger partial charge in [0.1, 0.15) is 0 Å². The molecule has 0 saturated carbocycles. The van der Waals surface area contributed by atoms with Gasteiger partial charge in [-0.25, -0.2) is 4.39 Å². The highest BCUT2D eigenvalue weighted by molar-refractivity contribution is 9.10. The molecule has 1 N–H and O–H groups in total. The fourth-order valence-electron chi connectivity index (χ4n) is 2.00. The molecule has 0 aliphatic carbocycles. The van der Waals surface area contributed by atoms with E-state index >= 15 is 0 Å². The van der Waals surface area contributed by atoms with Crippen molar-refractivity contribution in [2.24, 2.45) is 0 Å². The second-order valence-electron chi connectivity index (χ2n) is 4.02. The highest BCUT2D eigenvalue weighted by atomic mass is 79.9. The molecule has 0 radical (unpaired) electrons. The number of methoxy groups -OCH3 is 1. The Bertz CT molecular complexity index is 577. The van der Waals surface area contributed by atoms with E-state index in [1.165, 1.54) is 7.11 Å². The SMILES string of the molecule is CNC(c1cncc(Br)c1)c1cccc(OC)c1F. The van der Waals surface area contributed by atoms with E-state index in [-0.39, 0.29) is 17.6 Å². The molecule has 0 aliphatic heterocycles. The maximum absolute atomic E-state index is 14.3. The van der Waals surface area contributed by atoms with Crippen molar-refractivity contribution < 1.29 is 9.13 Å². The summed E-state index contributed by atoms with van der Waals surface area (Å²) in [6.07, 6.45) is 3.41. The first-order valence-corrected chi connectivity index (χ1v) is 6.56. The number of aromatic nitrogens is 1. The molecule has 100 valence electrons. The number of nitrogens with zero attached hydrogens (tertiary/aromatic N) is 1. The van der Waals surface area contributed by atoms with E-state index < -0.39 is 0 Å². The quantitative estimate of drug-likeness (QED) is 0.937. The molecule has 0 saturated heterocycles. The lowest BCUT2D eigenvalue weighted by molar-refractivity contribution is 0.382. The molecule has 1 aromatic heterocycles. The van der Waals surface area contributed by atoms with Crippen LogP contribution in [0.3, 0.4) is 0 Å². The van der Waals surface area contributed by atoms with Crippen LogP contribution in [0.1, 0.15) is 17.2 Å². The molecule has 0 fully saturated rings. The first kappa shape index (κ1) is 14.0. The Morgan fingerprint density at radius 2 is 2.16 bits per heavy atom. The van der Waals surface area contributed by atoms with Crippen molar-refractivity contribution in [1.29, 1.82) is 0 Å².